The monoisotopic (exact) mass is 212 g/mol. The first-order valence-corrected chi connectivity index (χ1v) is 5.91. The molecule has 15 heavy (non-hydrogen) atoms. The summed E-state index contributed by atoms with van der Waals surface area (Å²) in [6.07, 6.45) is 2.42. The van der Waals surface area contributed by atoms with E-state index in [0.29, 0.717) is 0 Å². The first-order chi connectivity index (χ1) is 6.79. The van der Waals surface area contributed by atoms with Gasteiger partial charge in [0.15, 0.2) is 0 Å². The van der Waals surface area contributed by atoms with Crippen molar-refractivity contribution >= 4 is 0 Å². The van der Waals surface area contributed by atoms with E-state index in [4.69, 9.17) is 0 Å². The molecule has 0 aliphatic rings. The third-order valence-electron chi connectivity index (χ3n) is 3.81. The van der Waals surface area contributed by atoms with Crippen LogP contribution in [-0.2, 0) is 0 Å². The van der Waals surface area contributed by atoms with E-state index in [1.54, 1.807) is 0 Å². The molecule has 0 atom stereocenters. The summed E-state index contributed by atoms with van der Waals surface area (Å²) >= 11 is 0. The molecule has 0 saturated heterocycles. The van der Waals surface area contributed by atoms with Crippen LogP contribution in [0.2, 0.25) is 0 Å². The Kier molecular flexibility index (Phi) is 5.36. The van der Waals surface area contributed by atoms with Crippen molar-refractivity contribution in [2.75, 3.05) is 13.6 Å². The van der Waals surface area contributed by atoms with Crippen molar-refractivity contribution in [2.45, 2.75) is 53.0 Å². The fourth-order valence-corrected chi connectivity index (χ4v) is 1.33. The Labute approximate surface area is 95.5 Å². The van der Waals surface area contributed by atoms with E-state index in [0.717, 1.165) is 12.2 Å². The van der Waals surface area contributed by atoms with Gasteiger partial charge in [0.25, 0.3) is 0 Å². The number of hydrogen-bond donors (Lipinski definition) is 2. The summed E-state index contributed by atoms with van der Waals surface area (Å²) < 4.78 is 0. The Morgan fingerprint density at radius 3 is 2.13 bits per heavy atom. The predicted molar refractivity (Wildman–Crippen MR) is 69.0 cm³/mol. The van der Waals surface area contributed by atoms with Crippen LogP contribution in [0.3, 0.4) is 0 Å². The van der Waals surface area contributed by atoms with Gasteiger partial charge in [-0.05, 0) is 27.3 Å². The lowest BCUT2D eigenvalue weighted by Crippen LogP contribution is -2.52. The van der Waals surface area contributed by atoms with Crippen LogP contribution in [0.1, 0.15) is 47.5 Å². The highest BCUT2D eigenvalue weighted by Crippen LogP contribution is 2.35. The van der Waals surface area contributed by atoms with E-state index in [-0.39, 0.29) is 11.0 Å². The van der Waals surface area contributed by atoms with E-state index in [1.165, 1.54) is 12.8 Å². The van der Waals surface area contributed by atoms with E-state index in [1.807, 2.05) is 7.05 Å². The molecule has 0 radical (unpaired) electrons. The van der Waals surface area contributed by atoms with Crippen LogP contribution in [0, 0.1) is 5.41 Å². The Morgan fingerprint density at radius 1 is 1.20 bits per heavy atom. The maximum absolute atomic E-state index is 4.16. The normalized spacial score (nSPS) is 12.7. The summed E-state index contributed by atoms with van der Waals surface area (Å²) in [5.41, 5.74) is 1.20. The van der Waals surface area contributed by atoms with E-state index < -0.39 is 0 Å². The number of unbranched alkanes of at least 4 members (excludes halogenated alkanes) is 1. The molecule has 2 N–H and O–H groups in total. The van der Waals surface area contributed by atoms with Gasteiger partial charge >= 0.3 is 0 Å². The van der Waals surface area contributed by atoms with Crippen LogP contribution < -0.4 is 10.6 Å². The quantitative estimate of drug-likeness (QED) is 0.634. The van der Waals surface area contributed by atoms with Gasteiger partial charge in [-0.25, -0.2) is 0 Å². The third kappa shape index (κ3) is 3.53. The molecule has 0 aromatic carbocycles. The standard InChI is InChI=1S/C13H28N2/c1-8-9-10-15-11(2)12(3,4)13(5,6)14-7/h14-15H,2,8-10H2,1,3-7H3. The molecule has 0 saturated carbocycles. The van der Waals surface area contributed by atoms with Gasteiger partial charge < -0.3 is 10.6 Å². The molecular formula is C13H28N2. The highest BCUT2D eigenvalue weighted by Gasteiger charge is 2.37. The Bertz CT molecular complexity index is 205. The van der Waals surface area contributed by atoms with Crippen LogP contribution in [-0.4, -0.2) is 19.1 Å². The van der Waals surface area contributed by atoms with Gasteiger partial charge in [-0.2, -0.15) is 0 Å². The van der Waals surface area contributed by atoms with Crippen LogP contribution in [0.5, 0.6) is 0 Å². The second-order valence-corrected chi connectivity index (χ2v) is 5.26. The summed E-state index contributed by atoms with van der Waals surface area (Å²) in [5.74, 6) is 0. The molecule has 2 nitrogen and oxygen atoms in total. The molecule has 90 valence electrons. The van der Waals surface area contributed by atoms with Gasteiger partial charge in [0.2, 0.25) is 0 Å². The van der Waals surface area contributed by atoms with Crippen molar-refractivity contribution in [3.05, 3.63) is 12.3 Å². The maximum Gasteiger partial charge on any atom is 0.0227 e. The van der Waals surface area contributed by atoms with E-state index in [9.17, 15) is 0 Å². The lowest BCUT2D eigenvalue weighted by atomic mass is 9.72. The van der Waals surface area contributed by atoms with Crippen molar-refractivity contribution in [1.29, 1.82) is 0 Å². The van der Waals surface area contributed by atoms with Crippen molar-refractivity contribution in [3.63, 3.8) is 0 Å². The smallest absolute Gasteiger partial charge is 0.0227 e. The lowest BCUT2D eigenvalue weighted by Gasteiger charge is -2.43. The molecule has 0 aliphatic heterocycles. The molecule has 0 heterocycles. The van der Waals surface area contributed by atoms with Crippen molar-refractivity contribution < 1.29 is 0 Å². The highest BCUT2D eigenvalue weighted by atomic mass is 15.0. The van der Waals surface area contributed by atoms with Gasteiger partial charge in [0.05, 0.1) is 0 Å². The lowest BCUT2D eigenvalue weighted by molar-refractivity contribution is 0.199. The molecule has 0 fully saturated rings. The SMILES string of the molecule is C=C(NCCCC)C(C)(C)C(C)(C)NC. The minimum absolute atomic E-state index is 0.0372. The number of hydrogen-bond acceptors (Lipinski definition) is 2. The van der Waals surface area contributed by atoms with Gasteiger partial charge in [-0.15, -0.1) is 0 Å². The maximum atomic E-state index is 4.16. The molecule has 0 aromatic heterocycles. The zero-order chi connectivity index (χ0) is 12.1. The van der Waals surface area contributed by atoms with Gasteiger partial charge in [-0.1, -0.05) is 33.8 Å². The second kappa shape index (κ2) is 5.55. The van der Waals surface area contributed by atoms with Crippen molar-refractivity contribution in [2.24, 2.45) is 5.41 Å². The summed E-state index contributed by atoms with van der Waals surface area (Å²) in [4.78, 5) is 0. The van der Waals surface area contributed by atoms with Crippen LogP contribution in [0.15, 0.2) is 12.3 Å². The minimum Gasteiger partial charge on any atom is -0.388 e. The number of nitrogens with one attached hydrogen (secondary N) is 2. The molecule has 0 aromatic rings. The second-order valence-electron chi connectivity index (χ2n) is 5.26. The first kappa shape index (κ1) is 14.5. The Morgan fingerprint density at radius 2 is 1.73 bits per heavy atom. The molecular weight excluding hydrogens is 184 g/mol. The zero-order valence-electron chi connectivity index (χ0n) is 11.3. The fraction of sp³-hybridized carbons (Fsp3) is 0.846. The van der Waals surface area contributed by atoms with Gasteiger partial charge in [0, 0.05) is 23.2 Å². The summed E-state index contributed by atoms with van der Waals surface area (Å²) in [6.45, 7) is 16.3. The number of rotatable bonds is 7. The predicted octanol–water partition coefficient (Wildman–Crippen LogP) is 2.91. The molecule has 0 unspecified atom stereocenters. The molecule has 0 spiro atoms. The molecule has 0 rings (SSSR count). The molecule has 0 amide bonds. The third-order valence-corrected chi connectivity index (χ3v) is 3.81. The van der Waals surface area contributed by atoms with E-state index >= 15 is 0 Å². The topological polar surface area (TPSA) is 24.1 Å². The zero-order valence-corrected chi connectivity index (χ0v) is 11.3. The molecule has 0 bridgehead atoms. The van der Waals surface area contributed by atoms with Crippen LogP contribution in [0.25, 0.3) is 0 Å². The minimum atomic E-state index is 0.0372. The Hall–Kier alpha value is -0.500. The van der Waals surface area contributed by atoms with Gasteiger partial charge in [-0.3, -0.25) is 0 Å². The largest absolute Gasteiger partial charge is 0.388 e. The van der Waals surface area contributed by atoms with Gasteiger partial charge in [0.1, 0.15) is 0 Å². The molecule has 0 aliphatic carbocycles. The first-order valence-electron chi connectivity index (χ1n) is 5.91. The molecule has 2 heteroatoms. The summed E-state index contributed by atoms with van der Waals surface area (Å²) in [6, 6.07) is 0. The van der Waals surface area contributed by atoms with Crippen LogP contribution >= 0.6 is 0 Å². The van der Waals surface area contributed by atoms with Crippen LogP contribution in [0.4, 0.5) is 0 Å². The average molecular weight is 212 g/mol. The highest BCUT2D eigenvalue weighted by molar-refractivity contribution is 5.13. The van der Waals surface area contributed by atoms with Crippen molar-refractivity contribution in [3.8, 4) is 0 Å². The fourth-order valence-electron chi connectivity index (χ4n) is 1.33. The summed E-state index contributed by atoms with van der Waals surface area (Å²) in [7, 11) is 2.00. The Balaban J connectivity index is 4.38. The van der Waals surface area contributed by atoms with Crippen molar-refractivity contribution in [1.82, 2.24) is 10.6 Å². The summed E-state index contributed by atoms with van der Waals surface area (Å²) in [5, 5.41) is 6.78. The average Bonchev–Trinajstić information content (AvgIpc) is 2.17. The van der Waals surface area contributed by atoms with E-state index in [2.05, 4.69) is 51.8 Å².